The number of aromatic hydroxyl groups is 1. The van der Waals surface area contributed by atoms with E-state index in [0.29, 0.717) is 24.1 Å². The molecule has 20 heavy (non-hydrogen) atoms. The van der Waals surface area contributed by atoms with Crippen LogP contribution in [0.2, 0.25) is 0 Å². The Morgan fingerprint density at radius 2 is 1.60 bits per heavy atom. The van der Waals surface area contributed by atoms with Crippen molar-refractivity contribution < 1.29 is 5.11 Å². The van der Waals surface area contributed by atoms with E-state index in [1.807, 2.05) is 39.8 Å². The van der Waals surface area contributed by atoms with Gasteiger partial charge in [0.25, 0.3) is 0 Å². The Bertz CT molecular complexity index is 318. The first kappa shape index (κ1) is 18.9. The Hall–Kier alpha value is -1.06. The van der Waals surface area contributed by atoms with Gasteiger partial charge < -0.3 is 16.2 Å². The van der Waals surface area contributed by atoms with E-state index in [-0.39, 0.29) is 0 Å². The normalized spacial score (nSPS) is 16.2. The summed E-state index contributed by atoms with van der Waals surface area (Å²) in [4.78, 5) is 0. The number of hydrogen-bond acceptors (Lipinski definition) is 3. The van der Waals surface area contributed by atoms with Crippen molar-refractivity contribution in [3.63, 3.8) is 0 Å². The van der Waals surface area contributed by atoms with Crippen molar-refractivity contribution in [2.45, 2.75) is 46.5 Å². The fourth-order valence-electron chi connectivity index (χ4n) is 2.57. The quantitative estimate of drug-likeness (QED) is 0.794. The molecule has 0 aromatic heterocycles. The Balaban J connectivity index is 0.000000829. The first-order chi connectivity index (χ1) is 9.81. The SMILES string of the molecule is CC.CC.NCC(c1ccc(O)cc1)C1CCNCC1. The summed E-state index contributed by atoms with van der Waals surface area (Å²) in [6, 6.07) is 7.49. The number of benzene rings is 1. The second-order valence-corrected chi connectivity index (χ2v) is 4.52. The summed E-state index contributed by atoms with van der Waals surface area (Å²) < 4.78 is 0. The van der Waals surface area contributed by atoms with Crippen LogP contribution in [0.5, 0.6) is 5.75 Å². The summed E-state index contributed by atoms with van der Waals surface area (Å²) in [6.07, 6.45) is 2.39. The van der Waals surface area contributed by atoms with Crippen LogP contribution in [0.4, 0.5) is 0 Å². The molecule has 1 unspecified atom stereocenters. The highest BCUT2D eigenvalue weighted by atomic mass is 16.3. The standard InChI is InChI=1S/C13H20N2O.2C2H6/c14-9-13(11-5-7-15-8-6-11)10-1-3-12(16)4-2-10;2*1-2/h1-4,11,13,15-16H,5-9,14H2;2*1-2H3. The van der Waals surface area contributed by atoms with Crippen molar-refractivity contribution >= 4 is 0 Å². The molecule has 1 aromatic rings. The molecule has 2 rings (SSSR count). The van der Waals surface area contributed by atoms with E-state index in [1.165, 1.54) is 18.4 Å². The van der Waals surface area contributed by atoms with Gasteiger partial charge in [-0.2, -0.15) is 0 Å². The molecule has 4 N–H and O–H groups in total. The van der Waals surface area contributed by atoms with Gasteiger partial charge in [-0.05, 0) is 62.0 Å². The van der Waals surface area contributed by atoms with E-state index in [4.69, 9.17) is 5.73 Å². The Labute approximate surface area is 124 Å². The topological polar surface area (TPSA) is 58.3 Å². The predicted octanol–water partition coefficient (Wildman–Crippen LogP) is 3.49. The molecule has 1 saturated heterocycles. The van der Waals surface area contributed by atoms with Crippen LogP contribution in [-0.2, 0) is 0 Å². The summed E-state index contributed by atoms with van der Waals surface area (Å²) in [5.74, 6) is 1.43. The van der Waals surface area contributed by atoms with Gasteiger partial charge in [0, 0.05) is 0 Å². The van der Waals surface area contributed by atoms with Crippen LogP contribution < -0.4 is 11.1 Å². The van der Waals surface area contributed by atoms with E-state index in [2.05, 4.69) is 5.32 Å². The average Bonchev–Trinajstić information content (AvgIpc) is 2.55. The second-order valence-electron chi connectivity index (χ2n) is 4.52. The zero-order valence-electron chi connectivity index (χ0n) is 13.5. The van der Waals surface area contributed by atoms with Crippen molar-refractivity contribution in [2.75, 3.05) is 19.6 Å². The molecule has 1 aliphatic rings. The lowest BCUT2D eigenvalue weighted by Gasteiger charge is -2.30. The molecule has 1 atom stereocenters. The molecular formula is C17H32N2O. The fraction of sp³-hybridized carbons (Fsp3) is 0.647. The lowest BCUT2D eigenvalue weighted by atomic mass is 9.80. The molecule has 1 fully saturated rings. The molecule has 1 aromatic carbocycles. The number of hydrogen-bond donors (Lipinski definition) is 3. The third-order valence-corrected chi connectivity index (χ3v) is 3.53. The molecule has 0 aliphatic carbocycles. The molecule has 3 nitrogen and oxygen atoms in total. The summed E-state index contributed by atoms with van der Waals surface area (Å²) >= 11 is 0. The molecule has 0 bridgehead atoms. The van der Waals surface area contributed by atoms with Crippen LogP contribution in [0.25, 0.3) is 0 Å². The Kier molecular flexibility index (Phi) is 11.1. The van der Waals surface area contributed by atoms with Gasteiger partial charge in [0.2, 0.25) is 0 Å². The maximum absolute atomic E-state index is 9.28. The highest BCUT2D eigenvalue weighted by Gasteiger charge is 2.23. The first-order valence-corrected chi connectivity index (χ1v) is 8.01. The number of piperidine rings is 1. The lowest BCUT2D eigenvalue weighted by Crippen LogP contribution is -2.33. The van der Waals surface area contributed by atoms with E-state index in [0.717, 1.165) is 13.1 Å². The number of nitrogens with two attached hydrogens (primary N) is 1. The van der Waals surface area contributed by atoms with Gasteiger partial charge in [0.15, 0.2) is 0 Å². The van der Waals surface area contributed by atoms with Crippen LogP contribution in [-0.4, -0.2) is 24.7 Å². The smallest absolute Gasteiger partial charge is 0.115 e. The van der Waals surface area contributed by atoms with Gasteiger partial charge in [0.1, 0.15) is 5.75 Å². The van der Waals surface area contributed by atoms with Crippen LogP contribution >= 0.6 is 0 Å². The molecule has 1 heterocycles. The number of rotatable bonds is 3. The molecule has 0 amide bonds. The highest BCUT2D eigenvalue weighted by Crippen LogP contribution is 2.30. The third-order valence-electron chi connectivity index (χ3n) is 3.53. The molecule has 3 heteroatoms. The van der Waals surface area contributed by atoms with Gasteiger partial charge >= 0.3 is 0 Å². The number of phenols is 1. The van der Waals surface area contributed by atoms with Crippen molar-refractivity contribution in [1.29, 1.82) is 0 Å². The minimum Gasteiger partial charge on any atom is -0.508 e. The second kappa shape index (κ2) is 11.7. The molecule has 116 valence electrons. The first-order valence-electron chi connectivity index (χ1n) is 8.01. The maximum atomic E-state index is 9.28. The number of phenolic OH excluding ortho intramolecular Hbond substituents is 1. The van der Waals surface area contributed by atoms with Crippen molar-refractivity contribution in [1.82, 2.24) is 5.32 Å². The van der Waals surface area contributed by atoms with Gasteiger partial charge in [-0.3, -0.25) is 0 Å². The minimum atomic E-state index is 0.324. The largest absolute Gasteiger partial charge is 0.508 e. The summed E-state index contributed by atoms with van der Waals surface area (Å²) in [5.41, 5.74) is 7.15. The number of nitrogens with one attached hydrogen (secondary N) is 1. The maximum Gasteiger partial charge on any atom is 0.115 e. The summed E-state index contributed by atoms with van der Waals surface area (Å²) in [5, 5.41) is 12.7. The van der Waals surface area contributed by atoms with Gasteiger partial charge in [-0.25, -0.2) is 0 Å². The molecule has 0 radical (unpaired) electrons. The molecular weight excluding hydrogens is 248 g/mol. The van der Waals surface area contributed by atoms with Crippen molar-refractivity contribution in [3.8, 4) is 5.75 Å². The lowest BCUT2D eigenvalue weighted by molar-refractivity contribution is 0.321. The fourth-order valence-corrected chi connectivity index (χ4v) is 2.57. The van der Waals surface area contributed by atoms with E-state index in [9.17, 15) is 5.11 Å². The van der Waals surface area contributed by atoms with Crippen LogP contribution in [0, 0.1) is 5.92 Å². The Morgan fingerprint density at radius 1 is 1.10 bits per heavy atom. The zero-order valence-corrected chi connectivity index (χ0v) is 13.5. The van der Waals surface area contributed by atoms with E-state index in [1.54, 1.807) is 12.1 Å². The zero-order chi connectivity index (χ0) is 15.4. The summed E-state index contributed by atoms with van der Waals surface area (Å²) in [7, 11) is 0. The van der Waals surface area contributed by atoms with Crippen LogP contribution in [0.15, 0.2) is 24.3 Å². The average molecular weight is 280 g/mol. The summed E-state index contributed by atoms with van der Waals surface area (Å²) in [6.45, 7) is 10.9. The molecule has 0 spiro atoms. The monoisotopic (exact) mass is 280 g/mol. The van der Waals surface area contributed by atoms with Crippen LogP contribution in [0.1, 0.15) is 52.0 Å². The molecule has 1 aliphatic heterocycles. The predicted molar refractivity (Wildman–Crippen MR) is 88.2 cm³/mol. The van der Waals surface area contributed by atoms with Crippen LogP contribution in [0.3, 0.4) is 0 Å². The van der Waals surface area contributed by atoms with Gasteiger partial charge in [-0.15, -0.1) is 0 Å². The van der Waals surface area contributed by atoms with E-state index >= 15 is 0 Å². The van der Waals surface area contributed by atoms with E-state index < -0.39 is 0 Å². The van der Waals surface area contributed by atoms with Crippen molar-refractivity contribution in [2.24, 2.45) is 11.7 Å². The highest BCUT2D eigenvalue weighted by molar-refractivity contribution is 5.29. The van der Waals surface area contributed by atoms with Gasteiger partial charge in [0.05, 0.1) is 0 Å². The van der Waals surface area contributed by atoms with Gasteiger partial charge in [-0.1, -0.05) is 39.8 Å². The minimum absolute atomic E-state index is 0.324. The van der Waals surface area contributed by atoms with Crippen molar-refractivity contribution in [3.05, 3.63) is 29.8 Å². The third kappa shape index (κ3) is 5.93. The molecule has 0 saturated carbocycles. The Morgan fingerprint density at radius 3 is 2.05 bits per heavy atom.